The molecule has 1 aliphatic carbocycles. The van der Waals surface area contributed by atoms with Crippen LogP contribution in [0.4, 0.5) is 9.59 Å². The third-order valence-electron chi connectivity index (χ3n) is 9.16. The van der Waals surface area contributed by atoms with Gasteiger partial charge in [0.15, 0.2) is 0 Å². The highest BCUT2D eigenvalue weighted by Gasteiger charge is 2.38. The predicted octanol–water partition coefficient (Wildman–Crippen LogP) is 8.18. The zero-order valence-corrected chi connectivity index (χ0v) is 29.4. The van der Waals surface area contributed by atoms with Crippen molar-refractivity contribution in [1.82, 2.24) is 10.2 Å². The van der Waals surface area contributed by atoms with E-state index in [2.05, 4.69) is 11.4 Å². The fraction of sp³-hybridized carbons (Fsp3) is 0.439. The van der Waals surface area contributed by atoms with E-state index in [1.54, 1.807) is 4.90 Å². The van der Waals surface area contributed by atoms with E-state index in [0.29, 0.717) is 18.9 Å². The lowest BCUT2D eigenvalue weighted by atomic mass is 9.81. The summed E-state index contributed by atoms with van der Waals surface area (Å²) >= 11 is 0. The number of nitrogens with zero attached hydrogens (tertiary/aromatic N) is 1. The second-order valence-corrected chi connectivity index (χ2v) is 14.1. The van der Waals surface area contributed by atoms with E-state index in [1.165, 1.54) is 11.6 Å². The molecule has 5 rings (SSSR count). The highest BCUT2D eigenvalue weighted by molar-refractivity contribution is 5.87. The minimum Gasteiger partial charge on any atom is -0.458 e. The van der Waals surface area contributed by atoms with Crippen molar-refractivity contribution in [2.75, 3.05) is 13.2 Å². The number of rotatable bonds is 11. The number of hydrogen-bond donors (Lipinski definition) is 1. The van der Waals surface area contributed by atoms with Gasteiger partial charge in [-0.25, -0.2) is 14.4 Å². The Balaban J connectivity index is 1.17. The van der Waals surface area contributed by atoms with Crippen LogP contribution in [0.5, 0.6) is 0 Å². The maximum Gasteiger partial charge on any atom is 0.410 e. The Labute approximate surface area is 295 Å². The average Bonchev–Trinajstić information content (AvgIpc) is 3.12. The van der Waals surface area contributed by atoms with Gasteiger partial charge in [-0.1, -0.05) is 84.9 Å². The van der Waals surface area contributed by atoms with Crippen LogP contribution >= 0.6 is 0 Å². The zero-order chi connectivity index (χ0) is 35.3. The lowest BCUT2D eigenvalue weighted by Crippen LogP contribution is -2.59. The van der Waals surface area contributed by atoms with Crippen molar-refractivity contribution >= 4 is 24.2 Å². The molecule has 2 amide bonds. The van der Waals surface area contributed by atoms with Crippen molar-refractivity contribution in [1.29, 1.82) is 0 Å². The maximum absolute atomic E-state index is 13.4. The molecule has 0 bridgehead atoms. The van der Waals surface area contributed by atoms with Crippen molar-refractivity contribution in [3.05, 3.63) is 113 Å². The standard InChI is InChI=1S/C41H50N2O7/c1-41(2,3)50-39(45)42-36-19-12-26-43(40(46)49-28-31-15-8-5-9-16-31)37(36)29-47-34-23-20-33(21-24-34)35-18-11-10-17-32(35)22-25-38(44)48-27-30-13-6-4-7-14-30/h4-11,13-18,22,25,33-34,36-37H,12,19-21,23-24,26-29H2,1-3H3,(H,42,45)/b25-22+/t33?,34?,36-,37-/m0/s1. The Morgan fingerprint density at radius 1 is 0.800 bits per heavy atom. The van der Waals surface area contributed by atoms with Crippen LogP contribution < -0.4 is 5.32 Å². The van der Waals surface area contributed by atoms with Crippen LogP contribution in [0, 0.1) is 0 Å². The van der Waals surface area contributed by atoms with Gasteiger partial charge in [0, 0.05) is 12.6 Å². The van der Waals surface area contributed by atoms with Crippen molar-refractivity contribution in [2.45, 2.75) is 102 Å². The Bertz CT molecular complexity index is 1560. The van der Waals surface area contributed by atoms with Crippen LogP contribution in [0.2, 0.25) is 0 Å². The first-order valence-electron chi connectivity index (χ1n) is 17.7. The number of amides is 2. The molecule has 2 fully saturated rings. The second-order valence-electron chi connectivity index (χ2n) is 14.1. The number of benzene rings is 3. The fourth-order valence-electron chi connectivity index (χ4n) is 6.66. The Morgan fingerprint density at radius 2 is 1.42 bits per heavy atom. The highest BCUT2D eigenvalue weighted by atomic mass is 16.6. The molecule has 9 heteroatoms. The summed E-state index contributed by atoms with van der Waals surface area (Å²) in [6.45, 7) is 6.69. The molecule has 0 radical (unpaired) electrons. The number of esters is 1. The molecule has 9 nitrogen and oxygen atoms in total. The number of hydrogen-bond acceptors (Lipinski definition) is 7. The average molecular weight is 683 g/mol. The molecule has 1 heterocycles. The minimum absolute atomic E-state index is 0.0215. The first-order valence-corrected chi connectivity index (χ1v) is 17.7. The summed E-state index contributed by atoms with van der Waals surface area (Å²) in [6, 6.07) is 26.7. The van der Waals surface area contributed by atoms with Crippen LogP contribution in [0.25, 0.3) is 6.08 Å². The van der Waals surface area contributed by atoms with Crippen LogP contribution in [0.15, 0.2) is 91.0 Å². The van der Waals surface area contributed by atoms with E-state index in [9.17, 15) is 14.4 Å². The van der Waals surface area contributed by atoms with E-state index < -0.39 is 23.8 Å². The Kier molecular flexibility index (Phi) is 13.1. The second kappa shape index (κ2) is 17.9. The number of piperidine rings is 1. The van der Waals surface area contributed by atoms with Gasteiger partial charge in [0.1, 0.15) is 18.8 Å². The number of ether oxygens (including phenoxy) is 4. The molecular weight excluding hydrogens is 632 g/mol. The summed E-state index contributed by atoms with van der Waals surface area (Å²) in [5, 5.41) is 3.01. The molecule has 1 saturated heterocycles. The van der Waals surface area contributed by atoms with Crippen LogP contribution in [0.3, 0.4) is 0 Å². The van der Waals surface area contributed by atoms with Gasteiger partial charge in [0.25, 0.3) is 0 Å². The molecule has 0 spiro atoms. The topological polar surface area (TPSA) is 103 Å². The molecule has 0 aromatic heterocycles. The predicted molar refractivity (Wildman–Crippen MR) is 192 cm³/mol. The molecule has 50 heavy (non-hydrogen) atoms. The van der Waals surface area contributed by atoms with Crippen molar-refractivity contribution in [3.8, 4) is 0 Å². The Morgan fingerprint density at radius 3 is 2.08 bits per heavy atom. The summed E-state index contributed by atoms with van der Waals surface area (Å²) in [5.74, 6) is -0.0438. The van der Waals surface area contributed by atoms with E-state index in [4.69, 9.17) is 18.9 Å². The Hall–Kier alpha value is -4.63. The quantitative estimate of drug-likeness (QED) is 0.124. The molecule has 3 aromatic rings. The van der Waals surface area contributed by atoms with E-state index >= 15 is 0 Å². The number of nitrogens with one attached hydrogen (secondary N) is 1. The third kappa shape index (κ3) is 11.2. The van der Waals surface area contributed by atoms with Gasteiger partial charge in [-0.2, -0.15) is 0 Å². The molecule has 1 saturated carbocycles. The lowest BCUT2D eigenvalue weighted by Gasteiger charge is -2.41. The first-order chi connectivity index (χ1) is 24.1. The van der Waals surface area contributed by atoms with Crippen molar-refractivity contribution < 1.29 is 33.3 Å². The van der Waals surface area contributed by atoms with Gasteiger partial charge in [0.2, 0.25) is 0 Å². The zero-order valence-electron chi connectivity index (χ0n) is 29.4. The lowest BCUT2D eigenvalue weighted by molar-refractivity contribution is -0.138. The molecule has 0 unspecified atom stereocenters. The van der Waals surface area contributed by atoms with Crippen molar-refractivity contribution in [2.24, 2.45) is 0 Å². The largest absolute Gasteiger partial charge is 0.458 e. The van der Waals surface area contributed by atoms with E-state index in [1.807, 2.05) is 106 Å². The molecule has 2 atom stereocenters. The van der Waals surface area contributed by atoms with Gasteiger partial charge < -0.3 is 29.2 Å². The molecule has 266 valence electrons. The summed E-state index contributed by atoms with van der Waals surface area (Å²) in [4.78, 5) is 40.3. The van der Waals surface area contributed by atoms with Gasteiger partial charge in [-0.3, -0.25) is 0 Å². The molecular formula is C41H50N2O7. The van der Waals surface area contributed by atoms with Gasteiger partial charge in [-0.05, 0) is 93.5 Å². The van der Waals surface area contributed by atoms with Gasteiger partial charge in [0.05, 0.1) is 24.8 Å². The van der Waals surface area contributed by atoms with E-state index in [-0.39, 0.29) is 37.9 Å². The molecule has 1 aliphatic heterocycles. The fourth-order valence-corrected chi connectivity index (χ4v) is 6.66. The summed E-state index contributed by atoms with van der Waals surface area (Å²) < 4.78 is 23.2. The summed E-state index contributed by atoms with van der Waals surface area (Å²) in [7, 11) is 0. The SMILES string of the molecule is CC(C)(C)OC(=O)N[C@H]1CCCN(C(=O)OCc2ccccc2)[C@H]1COC1CCC(c2ccccc2/C=C/C(=O)OCc2ccccc2)CC1. The van der Waals surface area contributed by atoms with Crippen LogP contribution in [-0.4, -0.2) is 60.0 Å². The minimum atomic E-state index is -0.641. The van der Waals surface area contributed by atoms with E-state index in [0.717, 1.165) is 48.8 Å². The highest BCUT2D eigenvalue weighted by Crippen LogP contribution is 2.36. The maximum atomic E-state index is 13.4. The third-order valence-corrected chi connectivity index (χ3v) is 9.16. The smallest absolute Gasteiger partial charge is 0.410 e. The normalized spacial score (nSPS) is 21.0. The molecule has 3 aromatic carbocycles. The number of alkyl carbamates (subject to hydrolysis) is 1. The van der Waals surface area contributed by atoms with Crippen molar-refractivity contribution in [3.63, 3.8) is 0 Å². The van der Waals surface area contributed by atoms with Gasteiger partial charge >= 0.3 is 18.2 Å². The molecule has 1 N–H and O–H groups in total. The summed E-state index contributed by atoms with van der Waals surface area (Å²) in [6.07, 6.45) is 7.44. The van der Waals surface area contributed by atoms with Crippen LogP contribution in [-0.2, 0) is 37.0 Å². The number of likely N-dealkylation sites (tertiary alicyclic amines) is 1. The first kappa shape index (κ1) is 36.6. The van der Waals surface area contributed by atoms with Gasteiger partial charge in [-0.15, -0.1) is 0 Å². The molecule has 2 aliphatic rings. The number of carbonyl (C=O) groups excluding carboxylic acids is 3. The van der Waals surface area contributed by atoms with Crippen LogP contribution in [0.1, 0.15) is 87.5 Å². The monoisotopic (exact) mass is 682 g/mol. The number of carbonyl (C=O) groups is 3. The summed E-state index contributed by atoms with van der Waals surface area (Å²) in [5.41, 5.74) is 3.43.